The average molecular weight is 280 g/mol. The molecule has 1 rings (SSSR count). The molecule has 5 nitrogen and oxygen atoms in total. The molecule has 0 aliphatic heterocycles. The largest absolute Gasteiger partial charge is 0.468 e. The number of aliphatic imine (C=N–C) groups is 1. The number of likely N-dealkylation sites (N-methyl/N-ethyl adjacent to an activating group) is 1. The van der Waals surface area contributed by atoms with Crippen molar-refractivity contribution >= 4 is 5.96 Å². The monoisotopic (exact) mass is 280 g/mol. The van der Waals surface area contributed by atoms with Crippen molar-refractivity contribution in [3.05, 3.63) is 24.2 Å². The van der Waals surface area contributed by atoms with Crippen LogP contribution in [0, 0.1) is 0 Å². The highest BCUT2D eigenvalue weighted by atomic mass is 16.3. The third-order valence-electron chi connectivity index (χ3n) is 3.35. The highest BCUT2D eigenvalue weighted by molar-refractivity contribution is 5.79. The average Bonchev–Trinajstić information content (AvgIpc) is 3.00. The first kappa shape index (κ1) is 16.6. The number of hydrogen-bond donors (Lipinski definition) is 2. The van der Waals surface area contributed by atoms with Crippen molar-refractivity contribution in [2.45, 2.75) is 33.2 Å². The molecule has 0 radical (unpaired) electrons. The summed E-state index contributed by atoms with van der Waals surface area (Å²) < 4.78 is 5.59. The number of nitrogens with zero attached hydrogens (tertiary/aromatic N) is 2. The lowest BCUT2D eigenvalue weighted by Gasteiger charge is -2.28. The summed E-state index contributed by atoms with van der Waals surface area (Å²) >= 11 is 0. The van der Waals surface area contributed by atoms with Crippen molar-refractivity contribution in [3.8, 4) is 0 Å². The van der Waals surface area contributed by atoms with Gasteiger partial charge in [-0.1, -0.05) is 20.8 Å². The quantitative estimate of drug-likeness (QED) is 0.566. The molecule has 0 saturated heterocycles. The Kier molecular flexibility index (Phi) is 7.80. The zero-order chi connectivity index (χ0) is 14.8. The molecule has 1 unspecified atom stereocenters. The van der Waals surface area contributed by atoms with Crippen LogP contribution in [0.25, 0.3) is 0 Å². The molecule has 2 N–H and O–H groups in total. The first-order chi connectivity index (χ1) is 9.76. The lowest BCUT2D eigenvalue weighted by atomic mass is 10.2. The van der Waals surface area contributed by atoms with Crippen molar-refractivity contribution in [1.82, 2.24) is 15.5 Å². The number of furan rings is 1. The first-order valence-electron chi connectivity index (χ1n) is 7.48. The van der Waals surface area contributed by atoms with Gasteiger partial charge in [0.25, 0.3) is 0 Å². The van der Waals surface area contributed by atoms with Crippen molar-refractivity contribution < 1.29 is 4.42 Å². The minimum absolute atomic E-state index is 0.222. The van der Waals surface area contributed by atoms with E-state index in [4.69, 9.17) is 4.42 Å². The molecular formula is C15H28N4O. The molecule has 1 atom stereocenters. The molecule has 0 fully saturated rings. The molecule has 0 saturated carbocycles. The second-order valence-electron chi connectivity index (χ2n) is 4.63. The number of hydrogen-bond acceptors (Lipinski definition) is 3. The predicted octanol–water partition coefficient (Wildman–Crippen LogP) is 2.24. The van der Waals surface area contributed by atoms with Gasteiger partial charge in [0, 0.05) is 20.1 Å². The van der Waals surface area contributed by atoms with Crippen LogP contribution in [0.5, 0.6) is 0 Å². The molecule has 0 bridgehead atoms. The van der Waals surface area contributed by atoms with E-state index in [0.717, 1.165) is 44.3 Å². The number of rotatable bonds is 8. The highest BCUT2D eigenvalue weighted by Gasteiger charge is 2.20. The Morgan fingerprint density at radius 1 is 1.30 bits per heavy atom. The van der Waals surface area contributed by atoms with Gasteiger partial charge in [-0.25, -0.2) is 0 Å². The lowest BCUT2D eigenvalue weighted by molar-refractivity contribution is 0.193. The summed E-state index contributed by atoms with van der Waals surface area (Å²) in [4.78, 5) is 6.61. The maximum atomic E-state index is 5.59. The molecule has 20 heavy (non-hydrogen) atoms. The van der Waals surface area contributed by atoms with E-state index < -0.39 is 0 Å². The minimum Gasteiger partial charge on any atom is -0.468 e. The Morgan fingerprint density at radius 2 is 2.05 bits per heavy atom. The van der Waals surface area contributed by atoms with E-state index in [0.29, 0.717) is 0 Å². The third kappa shape index (κ3) is 4.89. The van der Waals surface area contributed by atoms with Crippen LogP contribution in [0.15, 0.2) is 27.8 Å². The standard InChI is InChI=1S/C15H28N4O/c1-5-10-17-15(16-4)18-12-13(19(6-2)7-3)14-9-8-11-20-14/h8-9,11,13H,5-7,10,12H2,1-4H3,(H2,16,17,18). The summed E-state index contributed by atoms with van der Waals surface area (Å²) in [5.41, 5.74) is 0. The SMILES string of the molecule is CCCNC(=NC)NCC(c1ccco1)N(CC)CC. The van der Waals surface area contributed by atoms with E-state index in [1.54, 1.807) is 13.3 Å². The molecule has 1 aromatic rings. The summed E-state index contributed by atoms with van der Waals surface area (Å²) in [5.74, 6) is 1.84. The van der Waals surface area contributed by atoms with E-state index in [1.165, 1.54) is 0 Å². The van der Waals surface area contributed by atoms with Gasteiger partial charge < -0.3 is 15.1 Å². The molecular weight excluding hydrogens is 252 g/mol. The molecule has 0 aromatic carbocycles. The Balaban J connectivity index is 2.65. The topological polar surface area (TPSA) is 52.8 Å². The van der Waals surface area contributed by atoms with Gasteiger partial charge in [-0.3, -0.25) is 9.89 Å². The fourth-order valence-electron chi connectivity index (χ4n) is 2.21. The first-order valence-corrected chi connectivity index (χ1v) is 7.48. The van der Waals surface area contributed by atoms with Gasteiger partial charge in [-0.2, -0.15) is 0 Å². The molecule has 0 aliphatic rings. The van der Waals surface area contributed by atoms with Crippen LogP contribution >= 0.6 is 0 Å². The van der Waals surface area contributed by atoms with Crippen LogP contribution in [0.2, 0.25) is 0 Å². The van der Waals surface area contributed by atoms with E-state index in [-0.39, 0.29) is 6.04 Å². The van der Waals surface area contributed by atoms with Crippen LogP contribution in [-0.2, 0) is 0 Å². The van der Waals surface area contributed by atoms with Gasteiger partial charge in [0.1, 0.15) is 5.76 Å². The van der Waals surface area contributed by atoms with Gasteiger partial charge in [-0.15, -0.1) is 0 Å². The molecule has 0 spiro atoms. The molecule has 114 valence electrons. The Labute approximate surface area is 122 Å². The van der Waals surface area contributed by atoms with E-state index in [2.05, 4.69) is 41.3 Å². The van der Waals surface area contributed by atoms with Gasteiger partial charge in [0.2, 0.25) is 0 Å². The van der Waals surface area contributed by atoms with Crippen LogP contribution in [0.1, 0.15) is 39.0 Å². The van der Waals surface area contributed by atoms with Gasteiger partial charge in [0.15, 0.2) is 5.96 Å². The normalized spacial score (nSPS) is 13.6. The third-order valence-corrected chi connectivity index (χ3v) is 3.35. The maximum Gasteiger partial charge on any atom is 0.191 e. The van der Waals surface area contributed by atoms with Crippen LogP contribution in [0.3, 0.4) is 0 Å². The van der Waals surface area contributed by atoms with Crippen LogP contribution in [-0.4, -0.2) is 44.1 Å². The fraction of sp³-hybridized carbons (Fsp3) is 0.667. The van der Waals surface area contributed by atoms with Crippen LogP contribution < -0.4 is 10.6 Å². The Hall–Kier alpha value is -1.49. The molecule has 1 aromatic heterocycles. The summed E-state index contributed by atoms with van der Waals surface area (Å²) in [6, 6.07) is 4.20. The lowest BCUT2D eigenvalue weighted by Crippen LogP contribution is -2.43. The minimum atomic E-state index is 0.222. The summed E-state index contributed by atoms with van der Waals surface area (Å²) in [6.07, 6.45) is 2.81. The van der Waals surface area contributed by atoms with Crippen molar-refractivity contribution in [3.63, 3.8) is 0 Å². The Bertz CT molecular complexity index is 371. The predicted molar refractivity (Wildman–Crippen MR) is 84.0 cm³/mol. The summed E-state index contributed by atoms with van der Waals surface area (Å²) in [6.45, 7) is 10.2. The molecule has 0 amide bonds. The van der Waals surface area contributed by atoms with E-state index in [9.17, 15) is 0 Å². The second-order valence-corrected chi connectivity index (χ2v) is 4.63. The molecule has 1 heterocycles. The van der Waals surface area contributed by atoms with Gasteiger partial charge >= 0.3 is 0 Å². The van der Waals surface area contributed by atoms with Gasteiger partial charge in [0.05, 0.1) is 12.3 Å². The number of nitrogens with one attached hydrogen (secondary N) is 2. The second kappa shape index (κ2) is 9.42. The zero-order valence-electron chi connectivity index (χ0n) is 13.1. The van der Waals surface area contributed by atoms with Gasteiger partial charge in [-0.05, 0) is 31.6 Å². The highest BCUT2D eigenvalue weighted by Crippen LogP contribution is 2.20. The molecule has 5 heteroatoms. The number of guanidine groups is 1. The van der Waals surface area contributed by atoms with Crippen molar-refractivity contribution in [1.29, 1.82) is 0 Å². The van der Waals surface area contributed by atoms with E-state index in [1.807, 2.05) is 12.1 Å². The Morgan fingerprint density at radius 3 is 2.55 bits per heavy atom. The van der Waals surface area contributed by atoms with Crippen molar-refractivity contribution in [2.75, 3.05) is 33.2 Å². The summed E-state index contributed by atoms with van der Waals surface area (Å²) in [5, 5.41) is 6.66. The molecule has 0 aliphatic carbocycles. The van der Waals surface area contributed by atoms with Crippen LogP contribution in [0.4, 0.5) is 0 Å². The fourth-order valence-corrected chi connectivity index (χ4v) is 2.21. The summed E-state index contributed by atoms with van der Waals surface area (Å²) in [7, 11) is 1.80. The maximum absolute atomic E-state index is 5.59. The smallest absolute Gasteiger partial charge is 0.191 e. The van der Waals surface area contributed by atoms with E-state index >= 15 is 0 Å². The zero-order valence-corrected chi connectivity index (χ0v) is 13.1. The van der Waals surface area contributed by atoms with Crippen molar-refractivity contribution in [2.24, 2.45) is 4.99 Å².